The van der Waals surface area contributed by atoms with Crippen molar-refractivity contribution < 1.29 is 36.7 Å². The number of nitrogens with zero attached hydrogens (tertiary/aromatic N) is 3. The summed E-state index contributed by atoms with van der Waals surface area (Å²) >= 11 is 0. The van der Waals surface area contributed by atoms with Gasteiger partial charge in [0.1, 0.15) is 18.1 Å². The Kier molecular flexibility index (Phi) is 7.73. The molecule has 8 nitrogen and oxygen atoms in total. The first-order chi connectivity index (χ1) is 15.2. The Morgan fingerprint density at radius 1 is 1.09 bits per heavy atom. The second kappa shape index (κ2) is 10.5. The normalized spacial score (nSPS) is 15.3. The minimum Gasteiger partial charge on any atom is -0.468 e. The van der Waals surface area contributed by atoms with E-state index in [9.17, 15) is 22.8 Å². The minimum atomic E-state index is -4.45. The van der Waals surface area contributed by atoms with E-state index in [1.54, 1.807) is 11.0 Å². The van der Waals surface area contributed by atoms with E-state index in [2.05, 4.69) is 14.6 Å². The largest absolute Gasteiger partial charge is 0.468 e. The van der Waals surface area contributed by atoms with Crippen molar-refractivity contribution in [1.82, 2.24) is 14.8 Å². The standard InChI is InChI=1S/C21H24F3N3O5/c1-15(28)30-13-18-5-4-17(32-18)12-26-7-2-8-27(10-9-26)20(29)16-3-6-19(25-11-16)31-14-21(22,23)24/h3-6,11H,2,7-10,12-14H2,1H3. The van der Waals surface area contributed by atoms with Crippen molar-refractivity contribution in [1.29, 1.82) is 0 Å². The van der Waals surface area contributed by atoms with Crippen LogP contribution < -0.4 is 4.74 Å². The number of amides is 1. The van der Waals surface area contributed by atoms with Crippen LogP contribution in [0.5, 0.6) is 5.88 Å². The van der Waals surface area contributed by atoms with E-state index in [0.29, 0.717) is 37.5 Å². The first kappa shape index (κ1) is 23.6. The van der Waals surface area contributed by atoms with Crippen LogP contribution in [-0.2, 0) is 22.7 Å². The topological polar surface area (TPSA) is 85.1 Å². The van der Waals surface area contributed by atoms with Gasteiger partial charge in [0, 0.05) is 45.4 Å². The third-order valence-electron chi connectivity index (χ3n) is 4.76. The molecule has 3 heterocycles. The maximum absolute atomic E-state index is 12.8. The second-order valence-corrected chi connectivity index (χ2v) is 7.36. The Morgan fingerprint density at radius 2 is 1.88 bits per heavy atom. The molecule has 0 spiro atoms. The lowest BCUT2D eigenvalue weighted by Gasteiger charge is -2.21. The minimum absolute atomic E-state index is 0.0890. The van der Waals surface area contributed by atoms with Crippen LogP contribution in [0.2, 0.25) is 0 Å². The molecular weight excluding hydrogens is 431 g/mol. The van der Waals surface area contributed by atoms with Gasteiger partial charge < -0.3 is 18.8 Å². The van der Waals surface area contributed by atoms with Crippen molar-refractivity contribution in [3.63, 3.8) is 0 Å². The molecule has 0 saturated carbocycles. The number of esters is 1. The highest BCUT2D eigenvalue weighted by Crippen LogP contribution is 2.18. The number of aromatic nitrogens is 1. The highest BCUT2D eigenvalue weighted by Gasteiger charge is 2.28. The zero-order valence-corrected chi connectivity index (χ0v) is 17.6. The number of alkyl halides is 3. The van der Waals surface area contributed by atoms with Crippen LogP contribution in [0.4, 0.5) is 13.2 Å². The van der Waals surface area contributed by atoms with Crippen LogP contribution >= 0.6 is 0 Å². The number of furan rings is 1. The Balaban J connectivity index is 1.50. The smallest absolute Gasteiger partial charge is 0.422 e. The Hall–Kier alpha value is -3.08. The lowest BCUT2D eigenvalue weighted by atomic mass is 10.2. The zero-order chi connectivity index (χ0) is 23.1. The molecule has 1 aliphatic heterocycles. The molecule has 11 heteroatoms. The first-order valence-corrected chi connectivity index (χ1v) is 10.1. The maximum atomic E-state index is 12.8. The zero-order valence-electron chi connectivity index (χ0n) is 17.6. The molecule has 1 saturated heterocycles. The molecule has 1 amide bonds. The molecule has 0 N–H and O–H groups in total. The molecule has 0 aromatic carbocycles. The van der Waals surface area contributed by atoms with Gasteiger partial charge in [0.05, 0.1) is 12.1 Å². The molecule has 0 atom stereocenters. The van der Waals surface area contributed by atoms with Gasteiger partial charge in [-0.1, -0.05) is 0 Å². The van der Waals surface area contributed by atoms with E-state index in [0.717, 1.165) is 18.7 Å². The molecule has 1 aliphatic rings. The average Bonchev–Trinajstić information content (AvgIpc) is 3.06. The van der Waals surface area contributed by atoms with Crippen molar-refractivity contribution in [2.45, 2.75) is 32.7 Å². The van der Waals surface area contributed by atoms with Gasteiger partial charge >= 0.3 is 12.1 Å². The lowest BCUT2D eigenvalue weighted by Crippen LogP contribution is -2.35. The van der Waals surface area contributed by atoms with Crippen LogP contribution in [0, 0.1) is 0 Å². The van der Waals surface area contributed by atoms with Gasteiger partial charge in [-0.05, 0) is 24.6 Å². The summed E-state index contributed by atoms with van der Waals surface area (Å²) in [5.74, 6) is 0.511. The van der Waals surface area contributed by atoms with E-state index in [4.69, 9.17) is 9.15 Å². The van der Waals surface area contributed by atoms with Crippen LogP contribution in [0.3, 0.4) is 0 Å². The van der Waals surface area contributed by atoms with Crippen molar-refractivity contribution in [2.24, 2.45) is 0 Å². The molecule has 0 unspecified atom stereocenters. The molecule has 0 aliphatic carbocycles. The molecule has 2 aromatic heterocycles. The molecular formula is C21H24F3N3O5. The summed E-state index contributed by atoms with van der Waals surface area (Å²) in [5, 5.41) is 0. The molecule has 0 radical (unpaired) electrons. The number of rotatable bonds is 7. The van der Waals surface area contributed by atoms with Gasteiger partial charge in [-0.3, -0.25) is 14.5 Å². The maximum Gasteiger partial charge on any atom is 0.422 e. The highest BCUT2D eigenvalue weighted by atomic mass is 19.4. The SMILES string of the molecule is CC(=O)OCc1ccc(CN2CCCN(C(=O)c3ccc(OCC(F)(F)F)nc3)CC2)o1. The number of halogens is 3. The fourth-order valence-corrected chi connectivity index (χ4v) is 3.24. The van der Waals surface area contributed by atoms with Crippen molar-refractivity contribution in [3.8, 4) is 5.88 Å². The van der Waals surface area contributed by atoms with Gasteiger partial charge in [0.2, 0.25) is 5.88 Å². The van der Waals surface area contributed by atoms with Gasteiger partial charge in [0.15, 0.2) is 6.61 Å². The van der Waals surface area contributed by atoms with E-state index < -0.39 is 12.8 Å². The predicted octanol–water partition coefficient (Wildman–Crippen LogP) is 3.03. The van der Waals surface area contributed by atoms with Crippen LogP contribution in [0.25, 0.3) is 0 Å². The molecule has 174 valence electrons. The molecule has 32 heavy (non-hydrogen) atoms. The van der Waals surface area contributed by atoms with E-state index in [1.807, 2.05) is 6.07 Å². The van der Waals surface area contributed by atoms with E-state index in [1.165, 1.54) is 25.3 Å². The Bertz CT molecular complexity index is 914. The summed E-state index contributed by atoms with van der Waals surface area (Å²) < 4.78 is 51.8. The number of hydrogen-bond donors (Lipinski definition) is 0. The van der Waals surface area contributed by atoms with Gasteiger partial charge in [0.25, 0.3) is 5.91 Å². The van der Waals surface area contributed by atoms with Crippen molar-refractivity contribution in [3.05, 3.63) is 47.5 Å². The summed E-state index contributed by atoms with van der Waals surface area (Å²) in [7, 11) is 0. The third-order valence-corrected chi connectivity index (χ3v) is 4.76. The molecule has 1 fully saturated rings. The summed E-state index contributed by atoms with van der Waals surface area (Å²) in [4.78, 5) is 31.3. The van der Waals surface area contributed by atoms with Gasteiger partial charge in [-0.2, -0.15) is 13.2 Å². The summed E-state index contributed by atoms with van der Waals surface area (Å²) in [6.07, 6.45) is -2.47. The van der Waals surface area contributed by atoms with Crippen LogP contribution in [0.15, 0.2) is 34.9 Å². The number of ether oxygens (including phenoxy) is 2. The number of hydrogen-bond acceptors (Lipinski definition) is 7. The number of carbonyl (C=O) groups excluding carboxylic acids is 2. The summed E-state index contributed by atoms with van der Waals surface area (Å²) in [6, 6.07) is 6.27. The number of carbonyl (C=O) groups is 2. The highest BCUT2D eigenvalue weighted by molar-refractivity contribution is 5.94. The molecule has 3 rings (SSSR count). The van der Waals surface area contributed by atoms with Crippen molar-refractivity contribution >= 4 is 11.9 Å². The average molecular weight is 455 g/mol. The fraction of sp³-hybridized carbons (Fsp3) is 0.476. The first-order valence-electron chi connectivity index (χ1n) is 10.1. The third kappa shape index (κ3) is 7.26. The second-order valence-electron chi connectivity index (χ2n) is 7.36. The Morgan fingerprint density at radius 3 is 2.56 bits per heavy atom. The van der Waals surface area contributed by atoms with Crippen molar-refractivity contribution in [2.75, 3.05) is 32.8 Å². The van der Waals surface area contributed by atoms with Crippen LogP contribution in [0.1, 0.15) is 35.2 Å². The molecule has 0 bridgehead atoms. The summed E-state index contributed by atoms with van der Waals surface area (Å²) in [5.41, 5.74) is 0.291. The Labute approximate surface area is 182 Å². The fourth-order valence-electron chi connectivity index (χ4n) is 3.24. The van der Waals surface area contributed by atoms with E-state index >= 15 is 0 Å². The molecule has 2 aromatic rings. The lowest BCUT2D eigenvalue weighted by molar-refractivity contribution is -0.154. The van der Waals surface area contributed by atoms with Gasteiger partial charge in [-0.25, -0.2) is 4.98 Å². The quantitative estimate of drug-likeness (QED) is 0.594. The monoisotopic (exact) mass is 455 g/mol. The van der Waals surface area contributed by atoms with E-state index in [-0.39, 0.29) is 24.4 Å². The predicted molar refractivity (Wildman–Crippen MR) is 106 cm³/mol. The van der Waals surface area contributed by atoms with Crippen LogP contribution in [-0.4, -0.2) is 65.6 Å². The summed E-state index contributed by atoms with van der Waals surface area (Å²) in [6.45, 7) is 3.00. The number of pyridine rings is 1. The van der Waals surface area contributed by atoms with Gasteiger partial charge in [-0.15, -0.1) is 0 Å².